The Labute approximate surface area is 143 Å². The first kappa shape index (κ1) is 16.0. The van der Waals surface area contributed by atoms with Crippen LogP contribution in [0.25, 0.3) is 0 Å². The predicted molar refractivity (Wildman–Crippen MR) is 99.0 cm³/mol. The molecule has 1 aromatic heterocycles. The lowest BCUT2D eigenvalue weighted by Crippen LogP contribution is -2.12. The van der Waals surface area contributed by atoms with Crippen molar-refractivity contribution in [1.29, 1.82) is 0 Å². The lowest BCUT2D eigenvalue weighted by Gasteiger charge is -2.17. The second-order valence-electron chi connectivity index (χ2n) is 5.82. The van der Waals surface area contributed by atoms with Gasteiger partial charge in [-0.1, -0.05) is 60.7 Å². The smallest absolute Gasteiger partial charge is 0.225 e. The van der Waals surface area contributed by atoms with Gasteiger partial charge >= 0.3 is 0 Å². The number of hydrogen-bond donors (Lipinski definition) is 2. The summed E-state index contributed by atoms with van der Waals surface area (Å²) >= 11 is 0. The standard InChI is InChI=1S/C20H22N4/c1-15(17-9-5-3-6-10-17)22-19-13-14-21-20(24-19)23-16(2)18-11-7-4-8-12-18/h3-16H,1-2H3,(H2,21,22,23,24). The van der Waals surface area contributed by atoms with Gasteiger partial charge in [0.05, 0.1) is 6.04 Å². The van der Waals surface area contributed by atoms with Crippen LogP contribution in [0.2, 0.25) is 0 Å². The van der Waals surface area contributed by atoms with Crippen molar-refractivity contribution in [3.63, 3.8) is 0 Å². The quantitative estimate of drug-likeness (QED) is 0.684. The molecule has 3 aromatic rings. The number of nitrogens with one attached hydrogen (secondary N) is 2. The molecule has 2 N–H and O–H groups in total. The molecule has 24 heavy (non-hydrogen) atoms. The number of aromatic nitrogens is 2. The van der Waals surface area contributed by atoms with Crippen molar-refractivity contribution in [3.8, 4) is 0 Å². The molecule has 0 aliphatic heterocycles. The third kappa shape index (κ3) is 4.10. The zero-order valence-corrected chi connectivity index (χ0v) is 14.0. The van der Waals surface area contributed by atoms with Gasteiger partial charge in [0.15, 0.2) is 0 Å². The molecule has 0 fully saturated rings. The summed E-state index contributed by atoms with van der Waals surface area (Å²) in [5, 5.41) is 6.77. The Morgan fingerprint density at radius 2 is 1.25 bits per heavy atom. The van der Waals surface area contributed by atoms with Crippen LogP contribution in [0.3, 0.4) is 0 Å². The Morgan fingerprint density at radius 3 is 1.83 bits per heavy atom. The highest BCUT2D eigenvalue weighted by Gasteiger charge is 2.09. The highest BCUT2D eigenvalue weighted by molar-refractivity contribution is 5.43. The van der Waals surface area contributed by atoms with E-state index in [0.29, 0.717) is 5.95 Å². The highest BCUT2D eigenvalue weighted by Crippen LogP contribution is 2.20. The molecule has 122 valence electrons. The summed E-state index contributed by atoms with van der Waals surface area (Å²) in [5.74, 6) is 1.43. The molecule has 4 nitrogen and oxygen atoms in total. The number of rotatable bonds is 6. The Kier molecular flexibility index (Phi) is 5.06. The van der Waals surface area contributed by atoms with Gasteiger partial charge in [-0.3, -0.25) is 0 Å². The maximum absolute atomic E-state index is 4.57. The molecule has 3 rings (SSSR count). The van der Waals surface area contributed by atoms with E-state index in [1.807, 2.05) is 42.5 Å². The summed E-state index contributed by atoms with van der Waals surface area (Å²) in [6, 6.07) is 22.8. The topological polar surface area (TPSA) is 49.8 Å². The minimum atomic E-state index is 0.146. The number of benzene rings is 2. The summed E-state index contributed by atoms with van der Waals surface area (Å²) in [6.07, 6.45) is 1.77. The Hall–Kier alpha value is -2.88. The van der Waals surface area contributed by atoms with E-state index in [2.05, 4.69) is 58.7 Å². The van der Waals surface area contributed by atoms with Crippen molar-refractivity contribution in [3.05, 3.63) is 84.1 Å². The van der Waals surface area contributed by atoms with Gasteiger partial charge in [0, 0.05) is 12.2 Å². The molecule has 0 aliphatic carbocycles. The molecule has 4 heteroatoms. The van der Waals surface area contributed by atoms with Gasteiger partial charge in [0.1, 0.15) is 5.82 Å². The second-order valence-corrected chi connectivity index (χ2v) is 5.82. The number of hydrogen-bond acceptors (Lipinski definition) is 4. The fraction of sp³-hybridized carbons (Fsp3) is 0.200. The SMILES string of the molecule is CC(Nc1ccnc(NC(C)c2ccccc2)n1)c1ccccc1. The summed E-state index contributed by atoms with van der Waals surface area (Å²) < 4.78 is 0. The number of nitrogens with zero attached hydrogens (tertiary/aromatic N) is 2. The average Bonchev–Trinajstić information content (AvgIpc) is 2.63. The molecule has 0 amide bonds. The maximum Gasteiger partial charge on any atom is 0.225 e. The van der Waals surface area contributed by atoms with Crippen LogP contribution < -0.4 is 10.6 Å². The van der Waals surface area contributed by atoms with Gasteiger partial charge in [-0.15, -0.1) is 0 Å². The predicted octanol–water partition coefficient (Wildman–Crippen LogP) is 4.82. The largest absolute Gasteiger partial charge is 0.363 e. The van der Waals surface area contributed by atoms with Crippen LogP contribution >= 0.6 is 0 Å². The zero-order chi connectivity index (χ0) is 16.8. The zero-order valence-electron chi connectivity index (χ0n) is 14.0. The maximum atomic E-state index is 4.57. The molecule has 1 heterocycles. The second kappa shape index (κ2) is 7.59. The molecule has 0 bridgehead atoms. The van der Waals surface area contributed by atoms with Crippen molar-refractivity contribution >= 4 is 11.8 Å². The molecule has 0 spiro atoms. The van der Waals surface area contributed by atoms with Gasteiger partial charge in [-0.05, 0) is 31.0 Å². The van der Waals surface area contributed by atoms with Crippen molar-refractivity contribution in [2.24, 2.45) is 0 Å². The Bertz CT molecular complexity index is 696. The van der Waals surface area contributed by atoms with Crippen LogP contribution in [0.15, 0.2) is 72.9 Å². The van der Waals surface area contributed by atoms with Crippen LogP contribution in [-0.4, -0.2) is 9.97 Å². The minimum absolute atomic E-state index is 0.146. The van der Waals surface area contributed by atoms with Crippen LogP contribution in [0.4, 0.5) is 11.8 Å². The summed E-state index contributed by atoms with van der Waals surface area (Å²) in [6.45, 7) is 4.22. The minimum Gasteiger partial charge on any atom is -0.363 e. The normalized spacial score (nSPS) is 13.1. The first-order chi connectivity index (χ1) is 11.7. The molecule has 0 saturated carbocycles. The molecular formula is C20H22N4. The van der Waals surface area contributed by atoms with Crippen LogP contribution in [0.1, 0.15) is 37.1 Å². The van der Waals surface area contributed by atoms with Gasteiger partial charge in [-0.2, -0.15) is 4.98 Å². The fourth-order valence-electron chi connectivity index (χ4n) is 2.57. The van der Waals surface area contributed by atoms with Crippen LogP contribution in [-0.2, 0) is 0 Å². The Morgan fingerprint density at radius 1 is 0.708 bits per heavy atom. The summed E-state index contributed by atoms with van der Waals surface area (Å²) in [4.78, 5) is 8.89. The molecule has 2 unspecified atom stereocenters. The third-order valence-electron chi connectivity index (χ3n) is 3.96. The fourth-order valence-corrected chi connectivity index (χ4v) is 2.57. The van der Waals surface area contributed by atoms with E-state index in [-0.39, 0.29) is 12.1 Å². The number of anilines is 2. The molecular weight excluding hydrogens is 296 g/mol. The summed E-state index contributed by atoms with van der Waals surface area (Å²) in [7, 11) is 0. The van der Waals surface area contributed by atoms with Gasteiger partial charge in [0.25, 0.3) is 0 Å². The summed E-state index contributed by atoms with van der Waals surface area (Å²) in [5.41, 5.74) is 2.43. The van der Waals surface area contributed by atoms with E-state index in [9.17, 15) is 0 Å². The van der Waals surface area contributed by atoms with Gasteiger partial charge < -0.3 is 10.6 Å². The lowest BCUT2D eigenvalue weighted by molar-refractivity contribution is 0.848. The monoisotopic (exact) mass is 318 g/mol. The molecule has 2 aromatic carbocycles. The van der Waals surface area contributed by atoms with E-state index in [1.54, 1.807) is 6.20 Å². The average molecular weight is 318 g/mol. The van der Waals surface area contributed by atoms with Gasteiger partial charge in [-0.25, -0.2) is 4.98 Å². The first-order valence-electron chi connectivity index (χ1n) is 8.18. The molecule has 0 aliphatic rings. The van der Waals surface area contributed by atoms with E-state index < -0.39 is 0 Å². The van der Waals surface area contributed by atoms with E-state index in [1.165, 1.54) is 11.1 Å². The van der Waals surface area contributed by atoms with Crippen LogP contribution in [0, 0.1) is 0 Å². The Balaban J connectivity index is 1.68. The van der Waals surface area contributed by atoms with Crippen molar-refractivity contribution in [2.75, 3.05) is 10.6 Å². The van der Waals surface area contributed by atoms with E-state index in [4.69, 9.17) is 0 Å². The van der Waals surface area contributed by atoms with Crippen molar-refractivity contribution in [1.82, 2.24) is 9.97 Å². The highest BCUT2D eigenvalue weighted by atomic mass is 15.2. The molecule has 0 radical (unpaired) electrons. The molecule has 2 atom stereocenters. The third-order valence-corrected chi connectivity index (χ3v) is 3.96. The van der Waals surface area contributed by atoms with Crippen molar-refractivity contribution < 1.29 is 0 Å². The van der Waals surface area contributed by atoms with Crippen LogP contribution in [0.5, 0.6) is 0 Å². The first-order valence-corrected chi connectivity index (χ1v) is 8.18. The van der Waals surface area contributed by atoms with Gasteiger partial charge in [0.2, 0.25) is 5.95 Å². The lowest BCUT2D eigenvalue weighted by atomic mass is 10.1. The van der Waals surface area contributed by atoms with Crippen molar-refractivity contribution in [2.45, 2.75) is 25.9 Å². The molecule has 0 saturated heterocycles. The van der Waals surface area contributed by atoms with E-state index in [0.717, 1.165) is 5.82 Å². The van der Waals surface area contributed by atoms with E-state index >= 15 is 0 Å².